The Morgan fingerprint density at radius 3 is 2.77 bits per heavy atom. The molecule has 7 nitrogen and oxygen atoms in total. The SMILES string of the molecule is Cn1ncc2c(=O)[nH]c(N3CCC(c4cc5ccccc5[nH]4)CC3)nc21. The summed E-state index contributed by atoms with van der Waals surface area (Å²) in [5.41, 5.74) is 2.99. The van der Waals surface area contributed by atoms with Crippen molar-refractivity contribution in [1.82, 2.24) is 24.7 Å². The van der Waals surface area contributed by atoms with E-state index in [-0.39, 0.29) is 5.56 Å². The summed E-state index contributed by atoms with van der Waals surface area (Å²) in [6, 6.07) is 10.6. The molecule has 4 aromatic rings. The molecule has 1 fully saturated rings. The van der Waals surface area contributed by atoms with Crippen molar-refractivity contribution < 1.29 is 0 Å². The Kier molecular flexibility index (Phi) is 3.34. The third-order valence-electron chi connectivity index (χ3n) is 5.37. The van der Waals surface area contributed by atoms with Gasteiger partial charge in [0, 0.05) is 37.3 Å². The molecule has 0 bridgehead atoms. The van der Waals surface area contributed by atoms with Crippen molar-refractivity contribution in [3.63, 3.8) is 0 Å². The Balaban J connectivity index is 1.38. The molecular weight excluding hydrogens is 328 g/mol. The lowest BCUT2D eigenvalue weighted by atomic mass is 9.94. The fourth-order valence-corrected chi connectivity index (χ4v) is 3.89. The van der Waals surface area contributed by atoms with Gasteiger partial charge in [0.2, 0.25) is 5.95 Å². The highest BCUT2D eigenvalue weighted by atomic mass is 16.1. The average molecular weight is 348 g/mol. The summed E-state index contributed by atoms with van der Waals surface area (Å²) in [6.07, 6.45) is 3.62. The van der Waals surface area contributed by atoms with Crippen molar-refractivity contribution in [1.29, 1.82) is 0 Å². The van der Waals surface area contributed by atoms with Gasteiger partial charge in [0.1, 0.15) is 5.39 Å². The standard InChI is InChI=1S/C19H20N6O/c1-24-17-14(11-20-24)18(26)23-19(22-17)25-8-6-12(7-9-25)16-10-13-4-2-3-5-15(13)21-16/h2-5,10-12,21H,6-9H2,1H3,(H,22,23,26). The molecule has 0 saturated carbocycles. The van der Waals surface area contributed by atoms with E-state index in [1.54, 1.807) is 17.9 Å². The lowest BCUT2D eigenvalue weighted by Gasteiger charge is -2.31. The Morgan fingerprint density at radius 1 is 1.15 bits per heavy atom. The Morgan fingerprint density at radius 2 is 1.96 bits per heavy atom. The highest BCUT2D eigenvalue weighted by Crippen LogP contribution is 2.31. The maximum atomic E-state index is 12.3. The molecule has 26 heavy (non-hydrogen) atoms. The molecular formula is C19H20N6O. The second kappa shape index (κ2) is 5.72. The number of nitrogens with one attached hydrogen (secondary N) is 2. The number of para-hydroxylation sites is 1. The minimum atomic E-state index is -0.129. The van der Waals surface area contributed by atoms with Gasteiger partial charge in [0.05, 0.1) is 6.20 Å². The average Bonchev–Trinajstić information content (AvgIpc) is 3.26. The van der Waals surface area contributed by atoms with Gasteiger partial charge >= 0.3 is 0 Å². The lowest BCUT2D eigenvalue weighted by molar-refractivity contribution is 0.493. The number of hydrogen-bond acceptors (Lipinski definition) is 4. The summed E-state index contributed by atoms with van der Waals surface area (Å²) in [6.45, 7) is 1.73. The number of anilines is 1. The minimum absolute atomic E-state index is 0.129. The van der Waals surface area contributed by atoms with Crippen LogP contribution in [0.2, 0.25) is 0 Å². The summed E-state index contributed by atoms with van der Waals surface area (Å²) in [4.78, 5) is 25.5. The smallest absolute Gasteiger partial charge is 0.263 e. The molecule has 7 heteroatoms. The van der Waals surface area contributed by atoms with E-state index in [0.717, 1.165) is 25.9 Å². The van der Waals surface area contributed by atoms with Gasteiger partial charge in [-0.1, -0.05) is 18.2 Å². The number of aromatic amines is 2. The Hall–Kier alpha value is -3.09. The quantitative estimate of drug-likeness (QED) is 0.583. The monoisotopic (exact) mass is 348 g/mol. The Labute approximate surface area is 149 Å². The number of aryl methyl sites for hydroxylation is 1. The van der Waals surface area contributed by atoms with Crippen LogP contribution >= 0.6 is 0 Å². The van der Waals surface area contributed by atoms with E-state index in [0.29, 0.717) is 22.9 Å². The Bertz CT molecular complexity index is 1110. The van der Waals surface area contributed by atoms with E-state index in [4.69, 9.17) is 0 Å². The van der Waals surface area contributed by atoms with E-state index in [1.807, 2.05) is 0 Å². The molecule has 0 atom stereocenters. The molecule has 1 aliphatic rings. The van der Waals surface area contributed by atoms with E-state index in [2.05, 4.69) is 55.3 Å². The molecule has 1 aliphatic heterocycles. The van der Waals surface area contributed by atoms with Crippen LogP contribution in [0.15, 0.2) is 41.3 Å². The van der Waals surface area contributed by atoms with Crippen LogP contribution in [0.1, 0.15) is 24.5 Å². The second-order valence-electron chi connectivity index (χ2n) is 6.97. The summed E-state index contributed by atoms with van der Waals surface area (Å²) < 4.78 is 1.64. The number of benzene rings is 1. The number of rotatable bonds is 2. The van der Waals surface area contributed by atoms with Crippen molar-refractivity contribution >= 4 is 27.9 Å². The normalized spacial score (nSPS) is 16.0. The molecule has 0 unspecified atom stereocenters. The van der Waals surface area contributed by atoms with Gasteiger partial charge in [0.25, 0.3) is 5.56 Å². The summed E-state index contributed by atoms with van der Waals surface area (Å²) in [7, 11) is 1.81. The first-order valence-electron chi connectivity index (χ1n) is 8.93. The molecule has 0 radical (unpaired) electrons. The lowest BCUT2D eigenvalue weighted by Crippen LogP contribution is -2.35. The molecule has 4 heterocycles. The van der Waals surface area contributed by atoms with Crippen molar-refractivity contribution in [3.05, 3.63) is 52.6 Å². The van der Waals surface area contributed by atoms with E-state index in [1.165, 1.54) is 16.6 Å². The first-order valence-corrected chi connectivity index (χ1v) is 8.93. The molecule has 1 aromatic carbocycles. The van der Waals surface area contributed by atoms with Crippen molar-refractivity contribution in [2.24, 2.45) is 7.05 Å². The van der Waals surface area contributed by atoms with Crippen LogP contribution in [0.4, 0.5) is 5.95 Å². The van der Waals surface area contributed by atoms with Gasteiger partial charge in [0.15, 0.2) is 5.65 Å². The molecule has 0 aliphatic carbocycles. The summed E-state index contributed by atoms with van der Waals surface area (Å²) in [5, 5.41) is 5.92. The number of fused-ring (bicyclic) bond motifs is 2. The van der Waals surface area contributed by atoms with E-state index < -0.39 is 0 Å². The van der Waals surface area contributed by atoms with E-state index >= 15 is 0 Å². The predicted molar refractivity (Wildman–Crippen MR) is 102 cm³/mol. The van der Waals surface area contributed by atoms with Gasteiger partial charge in [-0.2, -0.15) is 10.1 Å². The zero-order valence-corrected chi connectivity index (χ0v) is 14.6. The number of nitrogens with zero attached hydrogens (tertiary/aromatic N) is 4. The van der Waals surface area contributed by atoms with Gasteiger partial charge in [-0.05, 0) is 30.4 Å². The zero-order chi connectivity index (χ0) is 17.7. The van der Waals surface area contributed by atoms with Gasteiger partial charge in [-0.15, -0.1) is 0 Å². The molecule has 0 spiro atoms. The van der Waals surface area contributed by atoms with Gasteiger partial charge in [-0.25, -0.2) is 0 Å². The maximum Gasteiger partial charge on any atom is 0.263 e. The van der Waals surface area contributed by atoms with Crippen molar-refractivity contribution in [2.45, 2.75) is 18.8 Å². The molecule has 2 N–H and O–H groups in total. The molecule has 0 amide bonds. The van der Waals surface area contributed by atoms with Crippen LogP contribution < -0.4 is 10.5 Å². The number of hydrogen-bond donors (Lipinski definition) is 2. The first-order chi connectivity index (χ1) is 12.7. The minimum Gasteiger partial charge on any atom is -0.358 e. The van der Waals surface area contributed by atoms with Crippen LogP contribution in [0.3, 0.4) is 0 Å². The van der Waals surface area contributed by atoms with E-state index in [9.17, 15) is 4.79 Å². The van der Waals surface area contributed by atoms with Crippen molar-refractivity contribution in [2.75, 3.05) is 18.0 Å². The highest BCUT2D eigenvalue weighted by Gasteiger charge is 2.24. The zero-order valence-electron chi connectivity index (χ0n) is 14.6. The third kappa shape index (κ3) is 2.39. The van der Waals surface area contributed by atoms with Gasteiger partial charge in [-0.3, -0.25) is 14.5 Å². The fourth-order valence-electron chi connectivity index (χ4n) is 3.89. The number of piperidine rings is 1. The second-order valence-corrected chi connectivity index (χ2v) is 6.97. The molecule has 132 valence electrons. The summed E-state index contributed by atoms with van der Waals surface area (Å²) in [5.74, 6) is 1.15. The number of aromatic nitrogens is 5. The molecule has 3 aromatic heterocycles. The van der Waals surface area contributed by atoms with Gasteiger partial charge < -0.3 is 9.88 Å². The van der Waals surface area contributed by atoms with Crippen LogP contribution in [0, 0.1) is 0 Å². The summed E-state index contributed by atoms with van der Waals surface area (Å²) >= 11 is 0. The fraction of sp³-hybridized carbons (Fsp3) is 0.316. The van der Waals surface area contributed by atoms with Crippen molar-refractivity contribution in [3.8, 4) is 0 Å². The maximum absolute atomic E-state index is 12.3. The molecule has 5 rings (SSSR count). The third-order valence-corrected chi connectivity index (χ3v) is 5.37. The topological polar surface area (TPSA) is 82.6 Å². The highest BCUT2D eigenvalue weighted by molar-refractivity contribution is 5.80. The van der Waals surface area contributed by atoms with Crippen LogP contribution in [-0.2, 0) is 7.05 Å². The molecule has 1 saturated heterocycles. The van der Waals surface area contributed by atoms with Crippen LogP contribution in [0.25, 0.3) is 21.9 Å². The van der Waals surface area contributed by atoms with Crippen LogP contribution in [0.5, 0.6) is 0 Å². The van der Waals surface area contributed by atoms with Crippen LogP contribution in [-0.4, -0.2) is 37.8 Å². The largest absolute Gasteiger partial charge is 0.358 e. The first kappa shape index (κ1) is 15.2. The number of H-pyrrole nitrogens is 2. The predicted octanol–water partition coefficient (Wildman–Crippen LogP) is 2.52.